The largest absolute Gasteiger partial charge is 0.416 e. The number of rotatable bonds is 4. The third-order valence-electron chi connectivity index (χ3n) is 4.57. The highest BCUT2D eigenvalue weighted by atomic mass is 19.4. The first-order chi connectivity index (χ1) is 9.55. The van der Waals surface area contributed by atoms with Gasteiger partial charge in [0.25, 0.3) is 0 Å². The van der Waals surface area contributed by atoms with E-state index in [1.807, 2.05) is 0 Å². The molecule has 2 fully saturated rings. The van der Waals surface area contributed by atoms with Gasteiger partial charge < -0.3 is 5.32 Å². The fraction of sp³-hybridized carbons (Fsp3) is 0.625. The van der Waals surface area contributed by atoms with E-state index in [9.17, 15) is 13.2 Å². The van der Waals surface area contributed by atoms with Crippen molar-refractivity contribution in [2.45, 2.75) is 50.2 Å². The smallest absolute Gasteiger partial charge is 0.314 e. The first-order valence-corrected chi connectivity index (χ1v) is 7.45. The van der Waals surface area contributed by atoms with Gasteiger partial charge in [-0.1, -0.05) is 24.6 Å². The molecule has 0 radical (unpaired) electrons. The molecule has 2 unspecified atom stereocenters. The van der Waals surface area contributed by atoms with Crippen LogP contribution >= 0.6 is 0 Å². The Kier molecular flexibility index (Phi) is 3.76. The van der Waals surface area contributed by atoms with Crippen molar-refractivity contribution in [1.82, 2.24) is 5.32 Å². The van der Waals surface area contributed by atoms with E-state index in [2.05, 4.69) is 5.32 Å². The fourth-order valence-corrected chi connectivity index (χ4v) is 3.37. The van der Waals surface area contributed by atoms with Gasteiger partial charge in [0, 0.05) is 6.04 Å². The van der Waals surface area contributed by atoms with Crippen molar-refractivity contribution in [2.24, 2.45) is 5.92 Å². The van der Waals surface area contributed by atoms with Crippen LogP contribution in [-0.2, 0) is 6.18 Å². The maximum Gasteiger partial charge on any atom is 0.416 e. The Morgan fingerprint density at radius 3 is 2.50 bits per heavy atom. The highest BCUT2D eigenvalue weighted by Crippen LogP contribution is 2.44. The molecule has 0 aromatic heterocycles. The van der Waals surface area contributed by atoms with Crippen LogP contribution in [0.25, 0.3) is 0 Å². The Bertz CT molecular complexity index is 465. The lowest BCUT2D eigenvalue weighted by Crippen LogP contribution is -2.27. The molecule has 1 N–H and O–H groups in total. The summed E-state index contributed by atoms with van der Waals surface area (Å²) < 4.78 is 39.4. The first kappa shape index (κ1) is 13.9. The molecule has 0 bridgehead atoms. The van der Waals surface area contributed by atoms with Crippen LogP contribution in [0.3, 0.4) is 0 Å². The van der Waals surface area contributed by atoms with E-state index in [1.165, 1.54) is 25.0 Å². The Balaban J connectivity index is 1.79. The number of nitrogens with one attached hydrogen (secondary N) is 1. The minimum Gasteiger partial charge on any atom is -0.314 e. The predicted molar refractivity (Wildman–Crippen MR) is 72.6 cm³/mol. The molecule has 3 rings (SSSR count). The molecule has 0 saturated heterocycles. The van der Waals surface area contributed by atoms with Gasteiger partial charge in [-0.3, -0.25) is 0 Å². The zero-order chi connectivity index (χ0) is 14.2. The molecular weight excluding hydrogens is 263 g/mol. The monoisotopic (exact) mass is 283 g/mol. The molecule has 0 spiro atoms. The number of hydrogen-bond acceptors (Lipinski definition) is 1. The molecule has 2 saturated carbocycles. The van der Waals surface area contributed by atoms with E-state index < -0.39 is 11.7 Å². The Hall–Kier alpha value is -1.03. The maximum atomic E-state index is 13.1. The highest BCUT2D eigenvalue weighted by Gasteiger charge is 2.38. The molecule has 110 valence electrons. The second-order valence-corrected chi connectivity index (χ2v) is 6.07. The van der Waals surface area contributed by atoms with Crippen LogP contribution in [0.5, 0.6) is 0 Å². The minimum absolute atomic E-state index is 0.0547. The molecule has 0 aliphatic heterocycles. The molecule has 0 amide bonds. The lowest BCUT2D eigenvalue weighted by atomic mass is 9.85. The van der Waals surface area contributed by atoms with Crippen LogP contribution in [0.1, 0.15) is 49.1 Å². The predicted octanol–water partition coefficient (Wildman–Crippen LogP) is 4.34. The Morgan fingerprint density at radius 1 is 1.05 bits per heavy atom. The van der Waals surface area contributed by atoms with Gasteiger partial charge in [-0.25, -0.2) is 0 Å². The summed E-state index contributed by atoms with van der Waals surface area (Å²) in [5.41, 5.74) is 0.0587. The van der Waals surface area contributed by atoms with Crippen LogP contribution in [0.2, 0.25) is 0 Å². The molecule has 20 heavy (non-hydrogen) atoms. The number of hydrogen-bond donors (Lipinski definition) is 1. The Morgan fingerprint density at radius 2 is 1.80 bits per heavy atom. The van der Waals surface area contributed by atoms with E-state index in [1.54, 1.807) is 12.1 Å². The molecule has 0 heterocycles. The normalized spacial score (nSPS) is 26.9. The van der Waals surface area contributed by atoms with E-state index in [0.717, 1.165) is 25.8 Å². The van der Waals surface area contributed by atoms with Gasteiger partial charge in [-0.2, -0.15) is 13.2 Å². The average Bonchev–Trinajstić information content (AvgIpc) is 3.12. The quantitative estimate of drug-likeness (QED) is 0.866. The first-order valence-electron chi connectivity index (χ1n) is 7.45. The number of alkyl halides is 3. The zero-order valence-electron chi connectivity index (χ0n) is 11.4. The van der Waals surface area contributed by atoms with Crippen LogP contribution in [0.4, 0.5) is 13.2 Å². The molecule has 2 aliphatic rings. The zero-order valence-corrected chi connectivity index (χ0v) is 11.4. The van der Waals surface area contributed by atoms with Crippen molar-refractivity contribution in [2.75, 3.05) is 6.54 Å². The van der Waals surface area contributed by atoms with Crippen molar-refractivity contribution in [3.05, 3.63) is 35.4 Å². The van der Waals surface area contributed by atoms with Gasteiger partial charge in [-0.05, 0) is 55.7 Å². The fourth-order valence-electron chi connectivity index (χ4n) is 3.37. The summed E-state index contributed by atoms with van der Waals surface area (Å²) in [6.45, 7) is 0.863. The van der Waals surface area contributed by atoms with Crippen molar-refractivity contribution in [3.8, 4) is 0 Å². The molecule has 1 aromatic rings. The standard InChI is InChI=1S/C16H20F3N/c17-16(18,19)15-7-2-1-5-14(15)13-6-3-4-11(13)10-20-12-8-9-12/h1-2,5,7,11-13,20H,3-4,6,8-10H2. The third-order valence-corrected chi connectivity index (χ3v) is 4.57. The maximum absolute atomic E-state index is 13.1. The topological polar surface area (TPSA) is 12.0 Å². The summed E-state index contributed by atoms with van der Waals surface area (Å²) in [5.74, 6) is 0.401. The van der Waals surface area contributed by atoms with Crippen molar-refractivity contribution >= 4 is 0 Å². The van der Waals surface area contributed by atoms with Gasteiger partial charge in [0.1, 0.15) is 0 Å². The second kappa shape index (κ2) is 5.40. The van der Waals surface area contributed by atoms with Crippen LogP contribution in [-0.4, -0.2) is 12.6 Å². The van der Waals surface area contributed by atoms with Gasteiger partial charge in [-0.15, -0.1) is 0 Å². The van der Waals surface area contributed by atoms with E-state index in [-0.39, 0.29) is 5.92 Å². The second-order valence-electron chi connectivity index (χ2n) is 6.07. The van der Waals surface area contributed by atoms with Gasteiger partial charge in [0.15, 0.2) is 0 Å². The molecule has 4 heteroatoms. The summed E-state index contributed by atoms with van der Waals surface area (Å²) in [7, 11) is 0. The highest BCUT2D eigenvalue weighted by molar-refractivity contribution is 5.34. The van der Waals surface area contributed by atoms with E-state index in [4.69, 9.17) is 0 Å². The SMILES string of the molecule is FC(F)(F)c1ccccc1C1CCCC1CNC1CC1. The summed E-state index contributed by atoms with van der Waals surface area (Å²) in [4.78, 5) is 0. The number of halogens is 3. The van der Waals surface area contributed by atoms with Gasteiger partial charge in [0.05, 0.1) is 5.56 Å². The lowest BCUT2D eigenvalue weighted by Gasteiger charge is -2.24. The Labute approximate surface area is 117 Å². The van der Waals surface area contributed by atoms with Gasteiger partial charge in [0.2, 0.25) is 0 Å². The van der Waals surface area contributed by atoms with Crippen LogP contribution in [0.15, 0.2) is 24.3 Å². The summed E-state index contributed by atoms with van der Waals surface area (Å²) in [5, 5.41) is 3.48. The van der Waals surface area contributed by atoms with E-state index in [0.29, 0.717) is 17.5 Å². The molecule has 1 aromatic carbocycles. The van der Waals surface area contributed by atoms with Crippen molar-refractivity contribution < 1.29 is 13.2 Å². The van der Waals surface area contributed by atoms with Crippen molar-refractivity contribution in [1.29, 1.82) is 0 Å². The molecule has 2 atom stereocenters. The van der Waals surface area contributed by atoms with E-state index >= 15 is 0 Å². The van der Waals surface area contributed by atoms with Gasteiger partial charge >= 0.3 is 6.18 Å². The summed E-state index contributed by atoms with van der Waals surface area (Å²) in [6, 6.07) is 6.73. The molecule has 1 nitrogen and oxygen atoms in total. The average molecular weight is 283 g/mol. The molecule has 2 aliphatic carbocycles. The number of benzene rings is 1. The lowest BCUT2D eigenvalue weighted by molar-refractivity contribution is -0.138. The summed E-state index contributed by atoms with van der Waals surface area (Å²) >= 11 is 0. The summed E-state index contributed by atoms with van der Waals surface area (Å²) in [6.07, 6.45) is 1.15. The van der Waals surface area contributed by atoms with Crippen LogP contribution < -0.4 is 5.32 Å². The van der Waals surface area contributed by atoms with Crippen molar-refractivity contribution in [3.63, 3.8) is 0 Å². The van der Waals surface area contributed by atoms with Crippen LogP contribution in [0, 0.1) is 5.92 Å². The minimum atomic E-state index is -4.24. The molecular formula is C16H20F3N. The third kappa shape index (κ3) is 3.00.